The number of amides is 2. The summed E-state index contributed by atoms with van der Waals surface area (Å²) in [5.41, 5.74) is 7.30. The maximum absolute atomic E-state index is 12.7. The predicted molar refractivity (Wildman–Crippen MR) is 158 cm³/mol. The first-order valence-corrected chi connectivity index (χ1v) is 13.8. The molecule has 9 nitrogen and oxygen atoms in total. The number of hydrogen-bond donors (Lipinski definition) is 4. The molecule has 1 aromatic heterocycles. The number of aliphatic hydroxyl groups excluding tert-OH is 1. The summed E-state index contributed by atoms with van der Waals surface area (Å²) >= 11 is 0. The zero-order valence-corrected chi connectivity index (χ0v) is 25.1. The summed E-state index contributed by atoms with van der Waals surface area (Å²) in [6, 6.07) is 7.26. The number of aromatic nitrogens is 1. The number of nitrogens with one attached hydrogen (secondary N) is 2. The molecular weight excluding hydrogens is 520 g/mol. The molecule has 0 aliphatic heterocycles. The average Bonchev–Trinajstić information content (AvgIpc) is 3.22. The summed E-state index contributed by atoms with van der Waals surface area (Å²) in [5.74, 6) is 0.353. The van der Waals surface area contributed by atoms with E-state index in [1.807, 2.05) is 48.9 Å². The van der Waals surface area contributed by atoms with E-state index in [0.717, 1.165) is 23.7 Å². The Morgan fingerprint density at radius 1 is 1.10 bits per heavy atom. The molecule has 2 aromatic rings. The molecule has 0 aliphatic rings. The fourth-order valence-corrected chi connectivity index (χ4v) is 4.45. The van der Waals surface area contributed by atoms with Crippen molar-refractivity contribution in [2.24, 2.45) is 23.5 Å². The van der Waals surface area contributed by atoms with Crippen molar-refractivity contribution in [3.8, 4) is 5.75 Å². The van der Waals surface area contributed by atoms with Gasteiger partial charge in [0.25, 0.3) is 0 Å². The molecule has 39 heavy (non-hydrogen) atoms. The van der Waals surface area contributed by atoms with Gasteiger partial charge < -0.3 is 35.5 Å². The lowest BCUT2D eigenvalue weighted by Crippen LogP contribution is -2.43. The molecule has 0 aliphatic carbocycles. The minimum Gasteiger partial charge on any atom is -0.408 e. The summed E-state index contributed by atoms with van der Waals surface area (Å²) in [7, 11) is 1.67. The summed E-state index contributed by atoms with van der Waals surface area (Å²) in [4.78, 5) is 25.0. The van der Waals surface area contributed by atoms with Crippen LogP contribution in [0.5, 0.6) is 5.75 Å². The first-order valence-electron chi connectivity index (χ1n) is 13.8. The molecule has 1 unspecified atom stereocenters. The van der Waals surface area contributed by atoms with Gasteiger partial charge >= 0.3 is 6.09 Å². The third kappa shape index (κ3) is 11.0. The Morgan fingerprint density at radius 3 is 2.44 bits per heavy atom. The minimum atomic E-state index is -0.809. The fraction of sp³-hybridized carbons (Fsp3) is 0.655. The number of aliphatic hydroxyl groups is 1. The van der Waals surface area contributed by atoms with Crippen molar-refractivity contribution in [2.45, 2.75) is 85.1 Å². The van der Waals surface area contributed by atoms with Gasteiger partial charge in [-0.2, -0.15) is 0 Å². The van der Waals surface area contributed by atoms with E-state index in [1.54, 1.807) is 7.11 Å². The molecule has 222 valence electrons. The Labute approximate surface area is 239 Å². The Bertz CT molecular complexity index is 1010. The lowest BCUT2D eigenvalue weighted by molar-refractivity contribution is -0.125. The van der Waals surface area contributed by atoms with Crippen LogP contribution in [-0.4, -0.2) is 60.1 Å². The van der Waals surface area contributed by atoms with E-state index in [1.165, 1.54) is 0 Å². The minimum absolute atomic E-state index is 0. The summed E-state index contributed by atoms with van der Waals surface area (Å²) in [5, 5.41) is 17.3. The lowest BCUT2D eigenvalue weighted by Gasteiger charge is -2.28. The highest BCUT2D eigenvalue weighted by atomic mass is 35.5. The van der Waals surface area contributed by atoms with Crippen LogP contribution in [0.1, 0.15) is 60.3 Å². The molecule has 10 heteroatoms. The molecule has 2 rings (SSSR count). The number of fused-ring (bicyclic) bond motifs is 1. The van der Waals surface area contributed by atoms with Crippen molar-refractivity contribution in [1.82, 2.24) is 15.2 Å². The van der Waals surface area contributed by atoms with Gasteiger partial charge in [0.05, 0.1) is 17.7 Å². The zero-order chi connectivity index (χ0) is 28.2. The Hall–Kier alpha value is -2.33. The molecule has 2 amide bonds. The molecule has 1 heterocycles. The van der Waals surface area contributed by atoms with Crippen molar-refractivity contribution >= 4 is 35.3 Å². The van der Waals surface area contributed by atoms with Crippen LogP contribution in [0.4, 0.5) is 4.79 Å². The summed E-state index contributed by atoms with van der Waals surface area (Å²) in [6.45, 7) is 11.6. The van der Waals surface area contributed by atoms with Gasteiger partial charge in [-0.15, -0.1) is 12.4 Å². The number of benzene rings is 1. The van der Waals surface area contributed by atoms with E-state index in [4.69, 9.17) is 15.2 Å². The van der Waals surface area contributed by atoms with Crippen molar-refractivity contribution < 1.29 is 24.2 Å². The van der Waals surface area contributed by atoms with E-state index in [9.17, 15) is 14.7 Å². The topological polar surface area (TPSA) is 128 Å². The van der Waals surface area contributed by atoms with Crippen molar-refractivity contribution in [2.75, 3.05) is 20.2 Å². The van der Waals surface area contributed by atoms with Crippen LogP contribution in [0.15, 0.2) is 30.5 Å². The number of carbonyl (C=O) groups is 2. The van der Waals surface area contributed by atoms with E-state index < -0.39 is 18.2 Å². The standard InChI is InChI=1S/C29H48N4O5.ClH/c1-7-8-13-31-28(35)20(4)14-26(34)24(30)15-22(19(2)3)16-32-29(36)38-27-18-33(17-21(5)37-6)25-12-10-9-11-23(25)27;/h9-12,18-22,24,26,34H,7-8,13-17,30H2,1-6H3,(H,31,35)(H,32,36);1H/t20-,21?,22+,24+,26+;/m1./s1. The van der Waals surface area contributed by atoms with Gasteiger partial charge in [-0.3, -0.25) is 4.79 Å². The fourth-order valence-electron chi connectivity index (χ4n) is 4.45. The molecular formula is C29H49ClN4O5. The Morgan fingerprint density at radius 2 is 1.79 bits per heavy atom. The maximum atomic E-state index is 12.7. The van der Waals surface area contributed by atoms with Gasteiger partial charge in [-0.1, -0.05) is 46.2 Å². The molecule has 5 atom stereocenters. The normalized spacial score (nSPS) is 15.2. The highest BCUT2D eigenvalue weighted by Gasteiger charge is 2.26. The molecule has 1 aromatic carbocycles. The number of unbranched alkanes of at least 4 members (excludes halogenated alkanes) is 1. The van der Waals surface area contributed by atoms with Crippen molar-refractivity contribution in [1.29, 1.82) is 0 Å². The Kier molecular flexibility index (Phi) is 15.5. The Balaban J connectivity index is 0.00000760. The third-order valence-electron chi connectivity index (χ3n) is 7.20. The zero-order valence-electron chi connectivity index (χ0n) is 24.3. The van der Waals surface area contributed by atoms with Gasteiger partial charge in [0.2, 0.25) is 5.91 Å². The first-order chi connectivity index (χ1) is 18.1. The van der Waals surface area contributed by atoms with Crippen LogP contribution in [0.25, 0.3) is 10.9 Å². The quantitative estimate of drug-likeness (QED) is 0.221. The van der Waals surface area contributed by atoms with Crippen LogP contribution in [0.3, 0.4) is 0 Å². The molecule has 0 saturated carbocycles. The maximum Gasteiger partial charge on any atom is 0.412 e. The number of hydrogen-bond acceptors (Lipinski definition) is 6. The van der Waals surface area contributed by atoms with Crippen LogP contribution >= 0.6 is 12.4 Å². The number of para-hydroxylation sites is 1. The highest BCUT2D eigenvalue weighted by Crippen LogP contribution is 2.28. The number of halogens is 1. The molecule has 0 radical (unpaired) electrons. The number of carbonyl (C=O) groups excluding carboxylic acids is 2. The van der Waals surface area contributed by atoms with E-state index in [-0.39, 0.29) is 42.2 Å². The predicted octanol–water partition coefficient (Wildman–Crippen LogP) is 4.48. The van der Waals surface area contributed by atoms with E-state index in [0.29, 0.717) is 38.2 Å². The van der Waals surface area contributed by atoms with Crippen LogP contribution in [0.2, 0.25) is 0 Å². The number of methoxy groups -OCH3 is 1. The summed E-state index contributed by atoms with van der Waals surface area (Å²) in [6.07, 6.45) is 3.24. The second-order valence-electron chi connectivity index (χ2n) is 10.7. The SMILES string of the molecule is CCCCNC(=O)[C@H](C)C[C@H](O)[C@@H](N)C[C@@H](CNC(=O)Oc1cn(CC(C)OC)c2ccccc12)C(C)C.Cl. The highest BCUT2D eigenvalue weighted by molar-refractivity contribution is 5.89. The molecule has 0 saturated heterocycles. The van der Waals surface area contributed by atoms with E-state index >= 15 is 0 Å². The van der Waals surface area contributed by atoms with Crippen molar-refractivity contribution in [3.63, 3.8) is 0 Å². The van der Waals surface area contributed by atoms with E-state index in [2.05, 4.69) is 31.4 Å². The molecule has 5 N–H and O–H groups in total. The van der Waals surface area contributed by atoms with Crippen molar-refractivity contribution in [3.05, 3.63) is 30.5 Å². The summed E-state index contributed by atoms with van der Waals surface area (Å²) < 4.78 is 13.1. The first kappa shape index (κ1) is 34.7. The molecule has 0 fully saturated rings. The second-order valence-corrected chi connectivity index (χ2v) is 10.7. The van der Waals surface area contributed by atoms with Gasteiger partial charge in [-0.25, -0.2) is 4.79 Å². The van der Waals surface area contributed by atoms with Gasteiger partial charge in [-0.05, 0) is 50.2 Å². The smallest absolute Gasteiger partial charge is 0.408 e. The largest absolute Gasteiger partial charge is 0.412 e. The van der Waals surface area contributed by atoms with Crippen LogP contribution in [0, 0.1) is 17.8 Å². The van der Waals surface area contributed by atoms with Gasteiger partial charge in [0.1, 0.15) is 0 Å². The molecule has 0 spiro atoms. The van der Waals surface area contributed by atoms with Crippen LogP contribution in [-0.2, 0) is 16.1 Å². The number of nitrogens with zero attached hydrogens (tertiary/aromatic N) is 1. The van der Waals surface area contributed by atoms with Gasteiger partial charge in [0.15, 0.2) is 5.75 Å². The van der Waals surface area contributed by atoms with Gasteiger partial charge in [0, 0.05) is 50.3 Å². The second kappa shape index (κ2) is 17.4. The average molecular weight is 569 g/mol. The lowest BCUT2D eigenvalue weighted by atomic mass is 9.86. The van der Waals surface area contributed by atoms with Crippen LogP contribution < -0.4 is 21.1 Å². The number of rotatable bonds is 16. The third-order valence-corrected chi connectivity index (χ3v) is 7.20. The monoisotopic (exact) mass is 568 g/mol. The number of nitrogens with two attached hydrogens (primary N) is 1. The number of ether oxygens (including phenoxy) is 2. The molecule has 0 bridgehead atoms.